The van der Waals surface area contributed by atoms with E-state index in [0.717, 1.165) is 0 Å². The molecule has 166 valence electrons. The van der Waals surface area contributed by atoms with Crippen LogP contribution in [0, 0.1) is 0 Å². The van der Waals surface area contributed by atoms with Crippen LogP contribution in [0.15, 0.2) is 0 Å². The third-order valence-corrected chi connectivity index (χ3v) is 4.15. The van der Waals surface area contributed by atoms with Gasteiger partial charge in [0.1, 0.15) is 48.8 Å². The predicted molar refractivity (Wildman–Crippen MR) is 85.3 cm³/mol. The van der Waals surface area contributed by atoms with E-state index in [0.29, 0.717) is 0 Å². The van der Waals surface area contributed by atoms with Gasteiger partial charge >= 0.3 is 5.97 Å². The summed E-state index contributed by atoms with van der Waals surface area (Å²) >= 11 is 0. The zero-order chi connectivity index (χ0) is 21.6. The van der Waals surface area contributed by atoms with Gasteiger partial charge in [0, 0.05) is 0 Å². The third-order valence-electron chi connectivity index (χ3n) is 4.15. The molecule has 14 nitrogen and oxygen atoms in total. The first-order valence-electron chi connectivity index (χ1n) is 8.27. The molecule has 0 amide bonds. The summed E-state index contributed by atoms with van der Waals surface area (Å²) in [6.45, 7) is -1.62. The molecule has 14 heteroatoms. The molecule has 2 rings (SSSR count). The highest BCUT2D eigenvalue weighted by molar-refractivity contribution is 5.68. The van der Waals surface area contributed by atoms with E-state index in [2.05, 4.69) is 5.73 Å². The molecule has 2 fully saturated rings. The van der Waals surface area contributed by atoms with Crippen LogP contribution in [0.3, 0.4) is 0 Å². The van der Waals surface area contributed by atoms with Crippen molar-refractivity contribution in [3.8, 4) is 0 Å². The van der Waals surface area contributed by atoms with Gasteiger partial charge in [0.2, 0.25) is 0 Å². The van der Waals surface area contributed by atoms with E-state index >= 15 is 0 Å². The molecule has 11 N–H and O–H groups in total. The minimum absolute atomic E-state index is 0.278. The Labute approximate surface area is 158 Å². The van der Waals surface area contributed by atoms with Crippen molar-refractivity contribution in [1.82, 2.24) is 0 Å². The van der Waals surface area contributed by atoms with Crippen molar-refractivity contribution in [2.45, 2.75) is 61.4 Å². The van der Waals surface area contributed by atoms with Crippen LogP contribution >= 0.6 is 0 Å². The minimum atomic E-state index is -1.74. The fourth-order valence-corrected chi connectivity index (χ4v) is 2.57. The maximum Gasteiger partial charge on any atom is 0.317 e. The van der Waals surface area contributed by atoms with E-state index in [1.165, 1.54) is 0 Å². The quantitative estimate of drug-likeness (QED) is 0.200. The van der Waals surface area contributed by atoms with Crippen LogP contribution in [0.5, 0.6) is 0 Å². The average Bonchev–Trinajstić information content (AvgIpc) is 2.68. The van der Waals surface area contributed by atoms with Crippen LogP contribution in [-0.4, -0.2) is 133 Å². The maximum atomic E-state index is 9.94. The summed E-state index contributed by atoms with van der Waals surface area (Å²) in [4.78, 5) is 9.24. The molecular formula is C14H27NO13. The highest BCUT2D eigenvalue weighted by Gasteiger charge is 2.50. The van der Waals surface area contributed by atoms with Crippen LogP contribution in [0.25, 0.3) is 0 Å². The number of carboxylic acid groups (broad SMARTS) is 1. The molecule has 28 heavy (non-hydrogen) atoms. The maximum absolute atomic E-state index is 9.94. The van der Waals surface area contributed by atoms with Crippen molar-refractivity contribution >= 4 is 5.97 Å². The van der Waals surface area contributed by atoms with Gasteiger partial charge in [-0.2, -0.15) is 0 Å². The lowest BCUT2D eigenvalue weighted by atomic mass is 9.97. The van der Waals surface area contributed by atoms with E-state index in [9.17, 15) is 40.5 Å². The first-order chi connectivity index (χ1) is 13.1. The van der Waals surface area contributed by atoms with E-state index in [1.54, 1.807) is 0 Å². The average molecular weight is 417 g/mol. The number of rotatable bonds is 5. The van der Waals surface area contributed by atoms with E-state index in [1.807, 2.05) is 0 Å². The van der Waals surface area contributed by atoms with Crippen LogP contribution < -0.4 is 5.73 Å². The molecule has 0 spiro atoms. The molecule has 2 saturated heterocycles. The molecular weight excluding hydrogens is 390 g/mol. The topological polar surface area (TPSA) is 253 Å². The van der Waals surface area contributed by atoms with Gasteiger partial charge in [-0.05, 0) is 0 Å². The highest BCUT2D eigenvalue weighted by atomic mass is 16.7. The largest absolute Gasteiger partial charge is 0.480 e. The summed E-state index contributed by atoms with van der Waals surface area (Å²) in [5, 5.41) is 84.1. The van der Waals surface area contributed by atoms with Crippen LogP contribution in [0.2, 0.25) is 0 Å². The summed E-state index contributed by atoms with van der Waals surface area (Å²) in [7, 11) is 0. The zero-order valence-corrected chi connectivity index (χ0v) is 14.6. The number of hydrogen-bond donors (Lipinski definition) is 10. The standard InChI is InChI=1S/C12H22O11.C2H5NO2/c13-1-3-5(15)6(16)9(19)12(22-3)23-10-4(2-14)21-11(20)8(18)7(10)17;3-1-2(4)5/h3-20H,1-2H2;1,3H2,(H,4,5)/t3-,4-,5+,6+,7-,8-,9-,10-,11-,12+;/m1./s1. The van der Waals surface area contributed by atoms with Crippen molar-refractivity contribution in [3.05, 3.63) is 0 Å². The molecule has 0 aromatic heterocycles. The molecule has 10 atom stereocenters. The monoisotopic (exact) mass is 417 g/mol. The Kier molecular flexibility index (Phi) is 10.1. The third kappa shape index (κ3) is 5.99. The fourth-order valence-electron chi connectivity index (χ4n) is 2.57. The SMILES string of the molecule is NCC(=O)O.OC[C@H]1O[C@@H](O[C@H]2[C@H](O)[C@@H](O)[C@H](O)O[C@@H]2CO)[C@H](O)[C@@H](O)[C@H]1O. The Hall–Kier alpha value is -1.01. The van der Waals surface area contributed by atoms with Crippen LogP contribution in [0.4, 0.5) is 0 Å². The number of carboxylic acids is 1. The minimum Gasteiger partial charge on any atom is -0.480 e. The molecule has 0 aliphatic carbocycles. The predicted octanol–water partition coefficient (Wildman–Crippen LogP) is -6.37. The molecule has 0 aromatic rings. The summed E-state index contributed by atoms with van der Waals surface area (Å²) in [5.41, 5.74) is 4.57. The molecule has 0 bridgehead atoms. The molecule has 2 heterocycles. The Morgan fingerprint density at radius 1 is 0.821 bits per heavy atom. The van der Waals surface area contributed by atoms with Gasteiger partial charge in [0.15, 0.2) is 12.6 Å². The Morgan fingerprint density at radius 2 is 1.36 bits per heavy atom. The lowest BCUT2D eigenvalue weighted by molar-refractivity contribution is -0.355. The molecule has 0 aromatic carbocycles. The number of aliphatic hydroxyl groups is 8. The number of ether oxygens (including phenoxy) is 3. The molecule has 2 aliphatic rings. The van der Waals surface area contributed by atoms with Crippen LogP contribution in [-0.2, 0) is 19.0 Å². The van der Waals surface area contributed by atoms with Gasteiger partial charge < -0.3 is 65.9 Å². The highest BCUT2D eigenvalue weighted by Crippen LogP contribution is 2.28. The number of aliphatic carboxylic acids is 1. The van der Waals surface area contributed by atoms with Crippen molar-refractivity contribution in [3.63, 3.8) is 0 Å². The Balaban J connectivity index is 0.000000696. The van der Waals surface area contributed by atoms with Gasteiger partial charge in [0.05, 0.1) is 19.8 Å². The van der Waals surface area contributed by atoms with Gasteiger partial charge in [-0.3, -0.25) is 4.79 Å². The first kappa shape index (κ1) is 25.0. The fraction of sp³-hybridized carbons (Fsp3) is 0.929. The first-order valence-corrected chi connectivity index (χ1v) is 8.27. The molecule has 0 radical (unpaired) electrons. The summed E-state index contributed by atoms with van der Waals surface area (Å²) in [6.07, 6.45) is -15.6. The summed E-state index contributed by atoms with van der Waals surface area (Å²) in [5.74, 6) is -0.968. The van der Waals surface area contributed by atoms with Gasteiger partial charge in [0.25, 0.3) is 0 Å². The second kappa shape index (κ2) is 11.2. The lowest BCUT2D eigenvalue weighted by Gasteiger charge is -2.45. The second-order valence-corrected chi connectivity index (χ2v) is 6.12. The van der Waals surface area contributed by atoms with Crippen molar-refractivity contribution in [2.75, 3.05) is 19.8 Å². The van der Waals surface area contributed by atoms with E-state index in [4.69, 9.17) is 24.4 Å². The smallest absolute Gasteiger partial charge is 0.317 e. The molecule has 0 saturated carbocycles. The van der Waals surface area contributed by atoms with E-state index < -0.39 is 80.6 Å². The van der Waals surface area contributed by atoms with Gasteiger partial charge in [-0.1, -0.05) is 0 Å². The van der Waals surface area contributed by atoms with Crippen molar-refractivity contribution < 1.29 is 65.0 Å². The van der Waals surface area contributed by atoms with E-state index in [-0.39, 0.29) is 6.54 Å². The zero-order valence-electron chi connectivity index (χ0n) is 14.6. The second-order valence-electron chi connectivity index (χ2n) is 6.12. The lowest BCUT2D eigenvalue weighted by Crippen LogP contribution is -2.64. The Morgan fingerprint density at radius 3 is 1.82 bits per heavy atom. The van der Waals surface area contributed by atoms with Gasteiger partial charge in [-0.15, -0.1) is 0 Å². The molecule has 0 unspecified atom stereocenters. The Bertz CT molecular complexity index is 478. The number of nitrogens with two attached hydrogens (primary N) is 1. The summed E-state index contributed by atoms with van der Waals surface area (Å²) < 4.78 is 15.3. The summed E-state index contributed by atoms with van der Waals surface area (Å²) in [6, 6.07) is 0. The van der Waals surface area contributed by atoms with Crippen molar-refractivity contribution in [1.29, 1.82) is 0 Å². The number of hydrogen-bond acceptors (Lipinski definition) is 13. The number of carbonyl (C=O) groups is 1. The molecule has 2 aliphatic heterocycles. The normalized spacial score (nSPS) is 43.8. The van der Waals surface area contributed by atoms with Crippen LogP contribution in [0.1, 0.15) is 0 Å². The van der Waals surface area contributed by atoms with Crippen molar-refractivity contribution in [2.24, 2.45) is 5.73 Å². The van der Waals surface area contributed by atoms with Gasteiger partial charge in [-0.25, -0.2) is 0 Å². The number of aliphatic hydroxyl groups excluding tert-OH is 8.